The molecule has 14 heavy (non-hydrogen) atoms. The lowest BCUT2D eigenvalue weighted by atomic mass is 10.3. The van der Waals surface area contributed by atoms with Crippen LogP contribution in [0.3, 0.4) is 0 Å². The molecule has 3 N–H and O–H groups in total. The van der Waals surface area contributed by atoms with Crippen molar-refractivity contribution < 1.29 is 15.0 Å². The quantitative estimate of drug-likeness (QED) is 0.756. The smallest absolute Gasteiger partial charge is 0.262 e. The van der Waals surface area contributed by atoms with Crippen LogP contribution < -0.4 is 5.32 Å². The van der Waals surface area contributed by atoms with E-state index in [1.165, 1.54) is 11.3 Å². The van der Waals surface area contributed by atoms with Gasteiger partial charge >= 0.3 is 0 Å². The molecule has 6 heteroatoms. The van der Waals surface area contributed by atoms with Crippen LogP contribution in [0.25, 0.3) is 0 Å². The molecule has 0 atom stereocenters. The third-order valence-electron chi connectivity index (χ3n) is 1.60. The molecule has 0 bridgehead atoms. The predicted molar refractivity (Wildman–Crippen MR) is 57.4 cm³/mol. The average molecular weight is 280 g/mol. The number of thiophene rings is 1. The first-order valence-electron chi connectivity index (χ1n) is 3.94. The lowest BCUT2D eigenvalue weighted by molar-refractivity contribution is 0.0883. The number of hydrogen-bond donors (Lipinski definition) is 3. The summed E-state index contributed by atoms with van der Waals surface area (Å²) in [5, 5.41) is 21.8. The first-order valence-corrected chi connectivity index (χ1v) is 5.62. The predicted octanol–water partition coefficient (Wildman–Crippen LogP) is 0.594. The maximum absolute atomic E-state index is 11.5. The first kappa shape index (κ1) is 11.6. The number of carbonyl (C=O) groups is 1. The van der Waals surface area contributed by atoms with Gasteiger partial charge in [-0.05, 0) is 27.4 Å². The summed E-state index contributed by atoms with van der Waals surface area (Å²) in [5.41, 5.74) is 0. The molecule has 1 amide bonds. The molecule has 0 fully saturated rings. The minimum Gasteiger partial charge on any atom is -0.394 e. The number of nitrogens with one attached hydrogen (secondary N) is 1. The van der Waals surface area contributed by atoms with E-state index in [0.29, 0.717) is 4.88 Å². The Balaban J connectivity index is 2.63. The number of carbonyl (C=O) groups excluding carboxylic acids is 1. The molecular weight excluding hydrogens is 270 g/mol. The van der Waals surface area contributed by atoms with E-state index in [1.807, 2.05) is 0 Å². The molecule has 0 aliphatic rings. The van der Waals surface area contributed by atoms with Crippen LogP contribution in [-0.2, 0) is 0 Å². The Morgan fingerprint density at radius 1 is 1.57 bits per heavy atom. The molecule has 0 spiro atoms. The van der Waals surface area contributed by atoms with Gasteiger partial charge < -0.3 is 15.5 Å². The molecule has 78 valence electrons. The number of aliphatic hydroxyl groups is 2. The second kappa shape index (κ2) is 5.45. The average Bonchev–Trinajstić information content (AvgIpc) is 2.60. The van der Waals surface area contributed by atoms with Crippen molar-refractivity contribution in [2.75, 3.05) is 13.2 Å². The number of rotatable bonds is 4. The first-order chi connectivity index (χ1) is 6.69. The Morgan fingerprint density at radius 3 is 2.64 bits per heavy atom. The number of amides is 1. The summed E-state index contributed by atoms with van der Waals surface area (Å²) in [5.74, 6) is -0.292. The van der Waals surface area contributed by atoms with Crippen molar-refractivity contribution in [1.29, 1.82) is 0 Å². The van der Waals surface area contributed by atoms with Crippen molar-refractivity contribution in [1.82, 2.24) is 5.32 Å². The Hall–Kier alpha value is -0.430. The van der Waals surface area contributed by atoms with Crippen LogP contribution in [0, 0.1) is 0 Å². The van der Waals surface area contributed by atoms with Gasteiger partial charge in [0.25, 0.3) is 5.91 Å². The molecule has 0 saturated heterocycles. The summed E-state index contributed by atoms with van der Waals surface area (Å²) < 4.78 is 0.717. The van der Waals surface area contributed by atoms with Crippen molar-refractivity contribution in [3.63, 3.8) is 0 Å². The number of halogens is 1. The van der Waals surface area contributed by atoms with E-state index in [-0.39, 0.29) is 19.1 Å². The molecule has 1 heterocycles. The standard InChI is InChI=1S/C8H10BrNO3S/c9-6-1-2-14-7(6)8(13)10-5(3-11)4-12/h1-2,5,11-12H,3-4H2,(H,10,13). The fourth-order valence-corrected chi connectivity index (χ4v) is 2.31. The molecule has 4 nitrogen and oxygen atoms in total. The summed E-state index contributed by atoms with van der Waals surface area (Å²) in [6.45, 7) is -0.545. The van der Waals surface area contributed by atoms with Crippen LogP contribution in [0.2, 0.25) is 0 Å². The Labute approximate surface area is 93.7 Å². The molecule has 0 aliphatic heterocycles. The zero-order valence-corrected chi connectivity index (χ0v) is 9.64. The third-order valence-corrected chi connectivity index (χ3v) is 3.44. The van der Waals surface area contributed by atoms with Gasteiger partial charge in [-0.1, -0.05) is 0 Å². The Morgan fingerprint density at radius 2 is 2.21 bits per heavy atom. The summed E-state index contributed by atoms with van der Waals surface area (Å²) in [6, 6.07) is 1.17. The third kappa shape index (κ3) is 2.78. The van der Waals surface area contributed by atoms with Crippen molar-refractivity contribution in [3.8, 4) is 0 Å². The van der Waals surface area contributed by atoms with Crippen molar-refractivity contribution in [3.05, 3.63) is 20.8 Å². The minimum absolute atomic E-state index is 0.273. The van der Waals surface area contributed by atoms with Gasteiger partial charge in [0.2, 0.25) is 0 Å². The van der Waals surface area contributed by atoms with Crippen LogP contribution >= 0.6 is 27.3 Å². The van der Waals surface area contributed by atoms with E-state index >= 15 is 0 Å². The zero-order valence-electron chi connectivity index (χ0n) is 7.24. The molecule has 1 rings (SSSR count). The zero-order chi connectivity index (χ0) is 10.6. The van der Waals surface area contributed by atoms with Gasteiger partial charge in [-0.15, -0.1) is 11.3 Å². The molecule has 1 aromatic heterocycles. The summed E-state index contributed by atoms with van der Waals surface area (Å²) in [6.07, 6.45) is 0. The van der Waals surface area contributed by atoms with E-state index in [9.17, 15) is 4.79 Å². The number of hydrogen-bond acceptors (Lipinski definition) is 4. The van der Waals surface area contributed by atoms with Crippen LogP contribution in [0.5, 0.6) is 0 Å². The topological polar surface area (TPSA) is 69.6 Å². The van der Waals surface area contributed by atoms with Gasteiger partial charge in [-0.2, -0.15) is 0 Å². The molecule has 0 saturated carbocycles. The van der Waals surface area contributed by atoms with Gasteiger partial charge in [0.1, 0.15) is 4.88 Å². The Kier molecular flexibility index (Phi) is 4.53. The van der Waals surface area contributed by atoms with Gasteiger partial charge in [-0.3, -0.25) is 4.79 Å². The SMILES string of the molecule is O=C(NC(CO)CO)c1sccc1Br. The van der Waals surface area contributed by atoms with Gasteiger partial charge in [0.15, 0.2) is 0 Å². The highest BCUT2D eigenvalue weighted by Crippen LogP contribution is 2.22. The molecule has 0 radical (unpaired) electrons. The second-order valence-electron chi connectivity index (χ2n) is 2.63. The van der Waals surface area contributed by atoms with Gasteiger partial charge in [-0.25, -0.2) is 0 Å². The second-order valence-corrected chi connectivity index (χ2v) is 4.40. The van der Waals surface area contributed by atoms with E-state index in [4.69, 9.17) is 10.2 Å². The minimum atomic E-state index is -0.600. The fourth-order valence-electron chi connectivity index (χ4n) is 0.856. The van der Waals surface area contributed by atoms with Crippen molar-refractivity contribution in [2.45, 2.75) is 6.04 Å². The van der Waals surface area contributed by atoms with E-state index in [0.717, 1.165) is 4.47 Å². The fraction of sp³-hybridized carbons (Fsp3) is 0.375. The van der Waals surface area contributed by atoms with E-state index in [1.54, 1.807) is 11.4 Å². The van der Waals surface area contributed by atoms with E-state index in [2.05, 4.69) is 21.2 Å². The lowest BCUT2D eigenvalue weighted by Crippen LogP contribution is -2.39. The molecular formula is C8H10BrNO3S. The van der Waals surface area contributed by atoms with Crippen LogP contribution in [0.1, 0.15) is 9.67 Å². The van der Waals surface area contributed by atoms with Crippen LogP contribution in [0.15, 0.2) is 15.9 Å². The van der Waals surface area contributed by atoms with Gasteiger partial charge in [0.05, 0.1) is 19.3 Å². The van der Waals surface area contributed by atoms with E-state index < -0.39 is 6.04 Å². The summed E-state index contributed by atoms with van der Waals surface area (Å²) >= 11 is 4.52. The van der Waals surface area contributed by atoms with Gasteiger partial charge in [0, 0.05) is 4.47 Å². The lowest BCUT2D eigenvalue weighted by Gasteiger charge is -2.12. The molecule has 0 unspecified atom stereocenters. The maximum atomic E-state index is 11.5. The highest BCUT2D eigenvalue weighted by atomic mass is 79.9. The number of aliphatic hydroxyl groups excluding tert-OH is 2. The maximum Gasteiger partial charge on any atom is 0.262 e. The summed E-state index contributed by atoms with van der Waals surface area (Å²) in [7, 11) is 0. The monoisotopic (exact) mass is 279 g/mol. The van der Waals surface area contributed by atoms with Crippen molar-refractivity contribution >= 4 is 33.2 Å². The largest absolute Gasteiger partial charge is 0.394 e. The van der Waals surface area contributed by atoms with Crippen LogP contribution in [0.4, 0.5) is 0 Å². The normalized spacial score (nSPS) is 10.6. The van der Waals surface area contributed by atoms with Crippen LogP contribution in [-0.4, -0.2) is 35.4 Å². The highest BCUT2D eigenvalue weighted by Gasteiger charge is 2.15. The molecule has 1 aromatic rings. The molecule has 0 aliphatic carbocycles. The summed E-state index contributed by atoms with van der Waals surface area (Å²) in [4.78, 5) is 12.0. The Bertz CT molecular complexity index is 311. The highest BCUT2D eigenvalue weighted by molar-refractivity contribution is 9.10. The van der Waals surface area contributed by atoms with Crippen molar-refractivity contribution in [2.24, 2.45) is 0 Å². The molecule has 0 aromatic carbocycles.